The molecule has 0 N–H and O–H groups in total. The highest BCUT2D eigenvalue weighted by atomic mass is 79.9. The molecule has 14 heavy (non-hydrogen) atoms. The number of hydrogen-bond acceptors (Lipinski definition) is 4. The van der Waals surface area contributed by atoms with Crippen LogP contribution in [0.25, 0.3) is 9.88 Å². The summed E-state index contributed by atoms with van der Waals surface area (Å²) in [5.74, 6) is 0. The molecule has 72 valence electrons. The Bertz CT molecular complexity index is 460. The molecule has 2 heterocycles. The zero-order chi connectivity index (χ0) is 10.1. The monoisotopic (exact) mass is 307 g/mol. The Hall–Kier alpha value is -0.230. The second-order valence-corrected chi connectivity index (χ2v) is 5.99. The predicted molar refractivity (Wildman–Crippen MR) is 63.5 cm³/mol. The van der Waals surface area contributed by atoms with Gasteiger partial charge in [-0.2, -0.15) is 0 Å². The molecule has 2 rings (SSSR count). The van der Waals surface area contributed by atoms with Gasteiger partial charge in [-0.05, 0) is 22.0 Å². The number of aromatic nitrogens is 1. The lowest BCUT2D eigenvalue weighted by Gasteiger charge is -1.84. The van der Waals surface area contributed by atoms with Gasteiger partial charge in [-0.1, -0.05) is 11.6 Å². The highest BCUT2D eigenvalue weighted by Crippen LogP contribution is 2.39. The van der Waals surface area contributed by atoms with Crippen molar-refractivity contribution in [2.75, 3.05) is 0 Å². The molecule has 0 aliphatic rings. The van der Waals surface area contributed by atoms with Crippen LogP contribution in [0.5, 0.6) is 0 Å². The summed E-state index contributed by atoms with van der Waals surface area (Å²) in [6.45, 7) is 0. The number of carbonyl (C=O) groups is 1. The Morgan fingerprint density at radius 3 is 2.79 bits per heavy atom. The van der Waals surface area contributed by atoms with Gasteiger partial charge in [0.1, 0.15) is 9.34 Å². The van der Waals surface area contributed by atoms with E-state index in [1.54, 1.807) is 6.20 Å². The van der Waals surface area contributed by atoms with Crippen LogP contribution in [0.2, 0.25) is 4.34 Å². The van der Waals surface area contributed by atoms with E-state index < -0.39 is 0 Å². The van der Waals surface area contributed by atoms with Crippen molar-refractivity contribution in [2.24, 2.45) is 0 Å². The Labute approximate surface area is 102 Å². The van der Waals surface area contributed by atoms with Gasteiger partial charge in [0.05, 0.1) is 9.75 Å². The van der Waals surface area contributed by atoms with Crippen LogP contribution in [0.1, 0.15) is 9.67 Å². The van der Waals surface area contributed by atoms with Gasteiger partial charge in [0.15, 0.2) is 6.29 Å². The Kier molecular flexibility index (Phi) is 3.02. The van der Waals surface area contributed by atoms with Crippen LogP contribution in [0.3, 0.4) is 0 Å². The second-order valence-electron chi connectivity index (χ2n) is 2.42. The van der Waals surface area contributed by atoms with Gasteiger partial charge in [0, 0.05) is 10.7 Å². The summed E-state index contributed by atoms with van der Waals surface area (Å²) in [4.78, 5) is 16.2. The van der Waals surface area contributed by atoms with E-state index in [0.717, 1.165) is 20.6 Å². The number of thiophene rings is 1. The van der Waals surface area contributed by atoms with Crippen molar-refractivity contribution in [3.8, 4) is 9.88 Å². The number of aldehydes is 1. The fraction of sp³-hybridized carbons (Fsp3) is 0. The molecule has 0 saturated carbocycles. The predicted octanol–water partition coefficient (Wildman–Crippen LogP) is 4.10. The molecule has 0 aliphatic carbocycles. The molecule has 0 aromatic carbocycles. The van der Waals surface area contributed by atoms with Crippen molar-refractivity contribution in [1.82, 2.24) is 4.98 Å². The van der Waals surface area contributed by atoms with E-state index in [-0.39, 0.29) is 0 Å². The molecule has 2 aromatic rings. The summed E-state index contributed by atoms with van der Waals surface area (Å²) in [6, 6.07) is 1.90. The topological polar surface area (TPSA) is 30.0 Å². The average molecular weight is 309 g/mol. The molecular formula is C8H3BrClNOS2. The number of nitrogens with zero attached hydrogens (tertiary/aromatic N) is 1. The van der Waals surface area contributed by atoms with E-state index in [9.17, 15) is 4.79 Å². The Morgan fingerprint density at radius 2 is 2.29 bits per heavy atom. The van der Waals surface area contributed by atoms with Crippen LogP contribution in [-0.4, -0.2) is 11.3 Å². The zero-order valence-electron chi connectivity index (χ0n) is 6.66. The minimum atomic E-state index is 0.626. The number of halogens is 2. The highest BCUT2D eigenvalue weighted by Gasteiger charge is 2.10. The van der Waals surface area contributed by atoms with Crippen LogP contribution in [-0.2, 0) is 0 Å². The zero-order valence-corrected chi connectivity index (χ0v) is 10.6. The van der Waals surface area contributed by atoms with Gasteiger partial charge in [0.25, 0.3) is 0 Å². The molecule has 0 amide bonds. The molecule has 0 fully saturated rings. The maximum atomic E-state index is 10.5. The van der Waals surface area contributed by atoms with Crippen molar-refractivity contribution in [3.63, 3.8) is 0 Å². The molecule has 6 heteroatoms. The lowest BCUT2D eigenvalue weighted by Crippen LogP contribution is -1.64. The second kappa shape index (κ2) is 4.10. The molecule has 0 aliphatic heterocycles. The van der Waals surface area contributed by atoms with E-state index in [2.05, 4.69) is 20.9 Å². The summed E-state index contributed by atoms with van der Waals surface area (Å²) in [5.41, 5.74) is 0. The van der Waals surface area contributed by atoms with E-state index in [1.165, 1.54) is 22.7 Å². The molecule has 0 atom stereocenters. The summed E-state index contributed by atoms with van der Waals surface area (Å²) < 4.78 is 1.56. The molecular weight excluding hydrogens is 306 g/mol. The lowest BCUT2D eigenvalue weighted by molar-refractivity contribution is 0.112. The lowest BCUT2D eigenvalue weighted by atomic mass is 10.5. The standard InChI is InChI=1S/C8H3BrClNOS2/c9-5-1-6(14-7(5)10)8-11-2-4(3-12)13-8/h1-3H. The van der Waals surface area contributed by atoms with E-state index in [4.69, 9.17) is 11.6 Å². The Balaban J connectivity index is 2.43. The first-order chi connectivity index (χ1) is 6.70. The van der Waals surface area contributed by atoms with Crippen molar-refractivity contribution in [1.29, 1.82) is 0 Å². The normalized spacial score (nSPS) is 10.4. The fourth-order valence-corrected chi connectivity index (χ4v) is 3.39. The van der Waals surface area contributed by atoms with Gasteiger partial charge >= 0.3 is 0 Å². The van der Waals surface area contributed by atoms with Crippen LogP contribution >= 0.6 is 50.2 Å². The number of carbonyl (C=O) groups excluding carboxylic acids is 1. The summed E-state index contributed by atoms with van der Waals surface area (Å²) in [5, 5.41) is 0.824. The minimum absolute atomic E-state index is 0.626. The van der Waals surface area contributed by atoms with Gasteiger partial charge in [-0.15, -0.1) is 22.7 Å². The third kappa shape index (κ3) is 1.91. The minimum Gasteiger partial charge on any atom is -0.297 e. The van der Waals surface area contributed by atoms with Crippen LogP contribution in [0.4, 0.5) is 0 Å². The molecule has 0 radical (unpaired) electrons. The van der Waals surface area contributed by atoms with Crippen molar-refractivity contribution < 1.29 is 4.79 Å². The number of hydrogen-bond donors (Lipinski definition) is 0. The largest absolute Gasteiger partial charge is 0.297 e. The van der Waals surface area contributed by atoms with Gasteiger partial charge in [-0.25, -0.2) is 4.98 Å². The van der Waals surface area contributed by atoms with Gasteiger partial charge in [0.2, 0.25) is 0 Å². The SMILES string of the molecule is O=Cc1cnc(-c2cc(Br)c(Cl)s2)s1. The third-order valence-corrected chi connectivity index (χ3v) is 5.06. The molecule has 0 saturated heterocycles. The molecule has 2 aromatic heterocycles. The smallest absolute Gasteiger partial charge is 0.161 e. The van der Waals surface area contributed by atoms with E-state index in [0.29, 0.717) is 9.21 Å². The van der Waals surface area contributed by atoms with Crippen molar-refractivity contribution in [2.45, 2.75) is 0 Å². The first-order valence-corrected chi connectivity index (χ1v) is 6.37. The summed E-state index contributed by atoms with van der Waals surface area (Å²) in [7, 11) is 0. The molecule has 0 spiro atoms. The van der Waals surface area contributed by atoms with Gasteiger partial charge < -0.3 is 0 Å². The summed E-state index contributed by atoms with van der Waals surface area (Å²) in [6.07, 6.45) is 2.36. The van der Waals surface area contributed by atoms with Gasteiger partial charge in [-0.3, -0.25) is 4.79 Å². The van der Waals surface area contributed by atoms with E-state index in [1.807, 2.05) is 6.07 Å². The Morgan fingerprint density at radius 1 is 1.50 bits per heavy atom. The van der Waals surface area contributed by atoms with Crippen LogP contribution in [0.15, 0.2) is 16.7 Å². The van der Waals surface area contributed by atoms with Crippen LogP contribution in [0, 0.1) is 0 Å². The van der Waals surface area contributed by atoms with Crippen molar-refractivity contribution in [3.05, 3.63) is 25.9 Å². The average Bonchev–Trinajstić information content (AvgIpc) is 2.74. The first kappa shape index (κ1) is 10.3. The van der Waals surface area contributed by atoms with Crippen molar-refractivity contribution >= 4 is 56.5 Å². The maximum Gasteiger partial charge on any atom is 0.161 e. The molecule has 0 unspecified atom stereocenters. The quantitative estimate of drug-likeness (QED) is 0.782. The fourth-order valence-electron chi connectivity index (χ4n) is 0.907. The molecule has 2 nitrogen and oxygen atoms in total. The number of thiazole rings is 1. The third-order valence-electron chi connectivity index (χ3n) is 1.50. The maximum absolute atomic E-state index is 10.5. The summed E-state index contributed by atoms with van der Waals surface area (Å²) >= 11 is 12.0. The van der Waals surface area contributed by atoms with Crippen LogP contribution < -0.4 is 0 Å². The van der Waals surface area contributed by atoms with E-state index >= 15 is 0 Å². The molecule has 0 bridgehead atoms. The number of rotatable bonds is 2. The highest BCUT2D eigenvalue weighted by molar-refractivity contribution is 9.10. The first-order valence-electron chi connectivity index (χ1n) is 3.57.